The summed E-state index contributed by atoms with van der Waals surface area (Å²) in [5.41, 5.74) is 4.36. The van der Waals surface area contributed by atoms with Crippen molar-refractivity contribution in [2.75, 3.05) is 0 Å². The maximum absolute atomic E-state index is 6.47. The first kappa shape index (κ1) is 13.2. The zero-order valence-electron chi connectivity index (χ0n) is 9.43. The van der Waals surface area contributed by atoms with E-state index < -0.39 is 0 Å². The average Bonchev–Trinajstić information content (AvgIpc) is 2.57. The van der Waals surface area contributed by atoms with E-state index in [9.17, 15) is 0 Å². The van der Waals surface area contributed by atoms with Crippen molar-refractivity contribution < 1.29 is 0 Å². The third-order valence-electron chi connectivity index (χ3n) is 2.65. The lowest BCUT2D eigenvalue weighted by atomic mass is 10.00. The Morgan fingerprint density at radius 3 is 2.29 bits per heavy atom. The molecule has 0 saturated heterocycles. The maximum atomic E-state index is 6.47. The molecule has 4 heteroatoms. The van der Waals surface area contributed by atoms with E-state index >= 15 is 0 Å². The number of hydrogen-bond donors (Lipinski definition) is 0. The van der Waals surface area contributed by atoms with Crippen LogP contribution in [0.1, 0.15) is 27.6 Å². The van der Waals surface area contributed by atoms with Gasteiger partial charge in [-0.15, -0.1) is 22.9 Å². The lowest BCUT2D eigenvalue weighted by molar-refractivity contribution is 1.12. The second-order valence-electron chi connectivity index (χ2n) is 4.00. The van der Waals surface area contributed by atoms with Crippen molar-refractivity contribution in [2.24, 2.45) is 0 Å². The minimum absolute atomic E-state index is 0.244. The minimum Gasteiger partial charge on any atom is -0.112 e. The third-order valence-corrected chi connectivity index (χ3v) is 4.64. The average molecular weight is 306 g/mol. The monoisotopic (exact) mass is 304 g/mol. The van der Waals surface area contributed by atoms with Gasteiger partial charge in [0.2, 0.25) is 0 Å². The third kappa shape index (κ3) is 2.79. The van der Waals surface area contributed by atoms with E-state index in [1.54, 1.807) is 0 Å². The first-order chi connectivity index (χ1) is 7.99. The molecule has 0 aliphatic carbocycles. The van der Waals surface area contributed by atoms with Crippen LogP contribution in [0.15, 0.2) is 24.3 Å². The Labute approximate surface area is 120 Å². The molecule has 1 aromatic carbocycles. The van der Waals surface area contributed by atoms with Crippen LogP contribution in [-0.4, -0.2) is 0 Å². The van der Waals surface area contributed by atoms with Gasteiger partial charge in [-0.2, -0.15) is 0 Å². The van der Waals surface area contributed by atoms with Crippen LogP contribution in [0, 0.1) is 13.8 Å². The second-order valence-corrected chi connectivity index (χ2v) is 6.72. The molecule has 17 heavy (non-hydrogen) atoms. The van der Waals surface area contributed by atoms with Crippen molar-refractivity contribution in [3.05, 3.63) is 55.2 Å². The van der Waals surface area contributed by atoms with E-state index in [4.69, 9.17) is 34.8 Å². The van der Waals surface area contributed by atoms with Gasteiger partial charge in [0.25, 0.3) is 0 Å². The molecular formula is C13H11Cl3S. The van der Waals surface area contributed by atoms with Gasteiger partial charge in [-0.3, -0.25) is 0 Å². The zero-order chi connectivity index (χ0) is 12.6. The summed E-state index contributed by atoms with van der Waals surface area (Å²) in [4.78, 5) is 0. The summed E-state index contributed by atoms with van der Waals surface area (Å²) in [5, 5.41) is -0.244. The largest absolute Gasteiger partial charge is 0.112 e. The summed E-state index contributed by atoms with van der Waals surface area (Å²) < 4.78 is 1.33. The van der Waals surface area contributed by atoms with Gasteiger partial charge in [0.05, 0.1) is 14.0 Å². The molecule has 1 unspecified atom stereocenters. The minimum atomic E-state index is -0.244. The molecule has 0 nitrogen and oxygen atoms in total. The summed E-state index contributed by atoms with van der Waals surface area (Å²) in [6.45, 7) is 4.12. The topological polar surface area (TPSA) is 0 Å². The van der Waals surface area contributed by atoms with E-state index in [0.717, 1.165) is 11.1 Å². The highest BCUT2D eigenvalue weighted by Gasteiger charge is 2.18. The fourth-order valence-electron chi connectivity index (χ4n) is 1.80. The molecule has 0 radical (unpaired) electrons. The number of aryl methyl sites for hydroxylation is 2. The predicted octanol–water partition coefficient (Wildman–Crippen LogP) is 6.00. The van der Waals surface area contributed by atoms with Gasteiger partial charge >= 0.3 is 0 Å². The van der Waals surface area contributed by atoms with Crippen molar-refractivity contribution >= 4 is 46.1 Å². The van der Waals surface area contributed by atoms with Crippen LogP contribution in [0.25, 0.3) is 0 Å². The summed E-state index contributed by atoms with van der Waals surface area (Å²) in [6, 6.07) is 8.06. The number of halogens is 3. The molecule has 0 aliphatic heterocycles. The van der Waals surface area contributed by atoms with Crippen LogP contribution < -0.4 is 0 Å². The highest BCUT2D eigenvalue weighted by Crippen LogP contribution is 2.41. The first-order valence-electron chi connectivity index (χ1n) is 5.15. The fourth-order valence-corrected chi connectivity index (χ4v) is 3.87. The Morgan fingerprint density at radius 1 is 1.06 bits per heavy atom. The van der Waals surface area contributed by atoms with Gasteiger partial charge in [0.15, 0.2) is 0 Å². The Hall–Kier alpha value is -0.210. The van der Waals surface area contributed by atoms with Crippen molar-refractivity contribution in [1.29, 1.82) is 0 Å². The molecule has 0 bridgehead atoms. The Balaban J connectivity index is 2.43. The van der Waals surface area contributed by atoms with Gasteiger partial charge in [0, 0.05) is 5.56 Å². The molecule has 0 saturated carbocycles. The second kappa shape index (κ2) is 5.19. The smallest absolute Gasteiger partial charge is 0.0994 e. The van der Waals surface area contributed by atoms with Gasteiger partial charge < -0.3 is 0 Å². The zero-order valence-corrected chi connectivity index (χ0v) is 12.5. The van der Waals surface area contributed by atoms with Crippen molar-refractivity contribution in [1.82, 2.24) is 0 Å². The molecule has 1 aromatic heterocycles. The maximum Gasteiger partial charge on any atom is 0.0994 e. The molecule has 1 heterocycles. The van der Waals surface area contributed by atoms with Crippen molar-refractivity contribution in [3.63, 3.8) is 0 Å². The van der Waals surface area contributed by atoms with E-state index in [1.807, 2.05) is 12.1 Å². The highest BCUT2D eigenvalue weighted by molar-refractivity contribution is 7.20. The Bertz CT molecular complexity index is 546. The molecule has 0 spiro atoms. The normalized spacial score (nSPS) is 12.8. The fraction of sp³-hybridized carbons (Fsp3) is 0.231. The van der Waals surface area contributed by atoms with Crippen LogP contribution in [0.4, 0.5) is 0 Å². The lowest BCUT2D eigenvalue weighted by Gasteiger charge is -2.12. The van der Waals surface area contributed by atoms with E-state index in [0.29, 0.717) is 8.67 Å². The molecular weight excluding hydrogens is 295 g/mol. The van der Waals surface area contributed by atoms with Crippen molar-refractivity contribution in [2.45, 2.75) is 19.2 Å². The van der Waals surface area contributed by atoms with Crippen LogP contribution in [0.5, 0.6) is 0 Å². The molecule has 90 valence electrons. The molecule has 2 aromatic rings. The van der Waals surface area contributed by atoms with Crippen LogP contribution in [0.3, 0.4) is 0 Å². The molecule has 0 aliphatic rings. The summed E-state index contributed by atoms with van der Waals surface area (Å²) in [7, 11) is 0. The van der Waals surface area contributed by atoms with Crippen LogP contribution in [0.2, 0.25) is 8.67 Å². The van der Waals surface area contributed by atoms with E-state index in [1.165, 1.54) is 22.5 Å². The summed E-state index contributed by atoms with van der Waals surface area (Å²) in [5.74, 6) is 0. The number of rotatable bonds is 2. The first-order valence-corrected chi connectivity index (χ1v) is 7.16. The lowest BCUT2D eigenvalue weighted by Crippen LogP contribution is -1.95. The van der Waals surface area contributed by atoms with Gasteiger partial charge in [-0.1, -0.05) is 47.0 Å². The SMILES string of the molecule is Cc1ccc(C(Cl)c2cc(Cl)sc2Cl)c(C)c1. The Morgan fingerprint density at radius 2 is 1.76 bits per heavy atom. The number of alkyl halides is 1. The van der Waals surface area contributed by atoms with Gasteiger partial charge in [-0.25, -0.2) is 0 Å². The van der Waals surface area contributed by atoms with Crippen LogP contribution >= 0.6 is 46.1 Å². The van der Waals surface area contributed by atoms with E-state index in [2.05, 4.69) is 26.0 Å². The van der Waals surface area contributed by atoms with Crippen molar-refractivity contribution in [3.8, 4) is 0 Å². The number of hydrogen-bond acceptors (Lipinski definition) is 1. The summed E-state index contributed by atoms with van der Waals surface area (Å²) in [6.07, 6.45) is 0. The van der Waals surface area contributed by atoms with E-state index in [-0.39, 0.29) is 5.38 Å². The molecule has 1 atom stereocenters. The highest BCUT2D eigenvalue weighted by atomic mass is 35.5. The summed E-state index contributed by atoms with van der Waals surface area (Å²) >= 11 is 19.9. The standard InChI is InChI=1S/C13H11Cl3S/c1-7-3-4-9(8(2)5-7)12(15)10-6-11(14)17-13(10)16/h3-6,12H,1-2H3. The quantitative estimate of drug-likeness (QED) is 0.597. The molecule has 0 amide bonds. The van der Waals surface area contributed by atoms with Gasteiger partial charge in [0.1, 0.15) is 0 Å². The van der Waals surface area contributed by atoms with Crippen LogP contribution in [-0.2, 0) is 0 Å². The molecule has 0 fully saturated rings. The Kier molecular flexibility index (Phi) is 4.04. The predicted molar refractivity (Wildman–Crippen MR) is 78.0 cm³/mol. The number of benzene rings is 1. The van der Waals surface area contributed by atoms with Gasteiger partial charge in [-0.05, 0) is 31.0 Å². The molecule has 2 rings (SSSR count). The number of thiophene rings is 1. The molecule has 0 N–H and O–H groups in total.